The number of rotatable bonds is 6. The lowest BCUT2D eigenvalue weighted by Crippen LogP contribution is -2.45. The van der Waals surface area contributed by atoms with E-state index in [2.05, 4.69) is 4.90 Å². The second-order valence-electron chi connectivity index (χ2n) is 7.73. The van der Waals surface area contributed by atoms with Gasteiger partial charge >= 0.3 is 0 Å². The fraction of sp³-hybridized carbons (Fsp3) is 0.381. The molecule has 0 unspecified atom stereocenters. The number of hydrogen-bond donors (Lipinski definition) is 2. The molecule has 0 aliphatic carbocycles. The molecule has 4 rings (SSSR count). The van der Waals surface area contributed by atoms with Crippen LogP contribution in [-0.4, -0.2) is 60.5 Å². The number of hydroxylamine groups is 1. The lowest BCUT2D eigenvalue weighted by Gasteiger charge is -2.24. The summed E-state index contributed by atoms with van der Waals surface area (Å²) in [6, 6.07) is 10.3. The highest BCUT2D eigenvalue weighted by Crippen LogP contribution is 2.31. The second-order valence-corrected chi connectivity index (χ2v) is 9.62. The molecule has 2 aromatic carbocycles. The molecule has 31 heavy (non-hydrogen) atoms. The van der Waals surface area contributed by atoms with Crippen molar-refractivity contribution >= 4 is 15.9 Å². The maximum absolute atomic E-state index is 13.3. The number of halogens is 1. The summed E-state index contributed by atoms with van der Waals surface area (Å²) >= 11 is 0. The first-order valence-electron chi connectivity index (χ1n) is 10.1. The summed E-state index contributed by atoms with van der Waals surface area (Å²) in [5, 5.41) is 9.12. The van der Waals surface area contributed by atoms with Gasteiger partial charge in [-0.3, -0.25) is 14.9 Å². The van der Waals surface area contributed by atoms with Crippen molar-refractivity contribution in [1.82, 2.24) is 14.7 Å². The molecule has 2 saturated heterocycles. The molecule has 10 heteroatoms. The van der Waals surface area contributed by atoms with E-state index in [-0.39, 0.29) is 23.3 Å². The zero-order valence-electron chi connectivity index (χ0n) is 16.8. The molecule has 2 aliphatic rings. The minimum atomic E-state index is -3.97. The zero-order chi connectivity index (χ0) is 22.0. The van der Waals surface area contributed by atoms with Gasteiger partial charge in [-0.05, 0) is 80.9 Å². The lowest BCUT2D eigenvalue weighted by atomic mass is 10.1. The molecule has 8 nitrogen and oxygen atoms in total. The van der Waals surface area contributed by atoms with E-state index in [4.69, 9.17) is 9.94 Å². The van der Waals surface area contributed by atoms with Crippen LogP contribution in [0.5, 0.6) is 11.5 Å². The number of ether oxygens (including phenoxy) is 1. The van der Waals surface area contributed by atoms with Crippen LogP contribution in [0.25, 0.3) is 0 Å². The molecule has 0 aromatic heterocycles. The number of carbonyl (C=O) groups excluding carboxylic acids is 1. The summed E-state index contributed by atoms with van der Waals surface area (Å²) in [6.07, 6.45) is 2.43. The van der Waals surface area contributed by atoms with Crippen molar-refractivity contribution in [3.05, 3.63) is 54.3 Å². The van der Waals surface area contributed by atoms with Crippen LogP contribution >= 0.6 is 0 Å². The third-order valence-electron chi connectivity index (χ3n) is 5.78. The minimum Gasteiger partial charge on any atom is -0.457 e. The van der Waals surface area contributed by atoms with Gasteiger partial charge in [-0.2, -0.15) is 4.31 Å². The molecule has 1 amide bonds. The van der Waals surface area contributed by atoms with Crippen LogP contribution in [0.4, 0.5) is 4.39 Å². The molecular formula is C21H24FN3O5S. The Labute approximate surface area is 180 Å². The normalized spacial score (nSPS) is 22.5. The van der Waals surface area contributed by atoms with Crippen molar-refractivity contribution < 1.29 is 27.5 Å². The topological polar surface area (TPSA) is 99.2 Å². The van der Waals surface area contributed by atoms with Crippen LogP contribution in [0.2, 0.25) is 0 Å². The van der Waals surface area contributed by atoms with Crippen molar-refractivity contribution in [2.45, 2.75) is 36.2 Å². The molecule has 2 atom stereocenters. The Morgan fingerprint density at radius 2 is 1.61 bits per heavy atom. The van der Waals surface area contributed by atoms with E-state index < -0.39 is 22.0 Å². The number of likely N-dealkylation sites (tertiary alicyclic amines) is 1. The van der Waals surface area contributed by atoms with Crippen molar-refractivity contribution in [2.75, 3.05) is 19.6 Å². The highest BCUT2D eigenvalue weighted by molar-refractivity contribution is 7.89. The van der Waals surface area contributed by atoms with Crippen molar-refractivity contribution in [3.8, 4) is 11.5 Å². The van der Waals surface area contributed by atoms with Crippen LogP contribution in [0.3, 0.4) is 0 Å². The van der Waals surface area contributed by atoms with Gasteiger partial charge in [-0.25, -0.2) is 18.3 Å². The van der Waals surface area contributed by atoms with Crippen molar-refractivity contribution in [2.24, 2.45) is 0 Å². The molecule has 2 N–H and O–H groups in total. The van der Waals surface area contributed by atoms with E-state index in [9.17, 15) is 17.6 Å². The molecule has 2 aliphatic heterocycles. The third kappa shape index (κ3) is 4.57. The summed E-state index contributed by atoms with van der Waals surface area (Å²) in [4.78, 5) is 14.4. The van der Waals surface area contributed by atoms with Gasteiger partial charge in [0.15, 0.2) is 0 Å². The first-order valence-corrected chi connectivity index (χ1v) is 11.6. The average molecular weight is 450 g/mol. The fourth-order valence-corrected chi connectivity index (χ4v) is 5.82. The Morgan fingerprint density at radius 3 is 2.19 bits per heavy atom. The largest absolute Gasteiger partial charge is 0.457 e. The Kier molecular flexibility index (Phi) is 6.24. The second kappa shape index (κ2) is 8.91. The Hall–Kier alpha value is -2.53. The smallest absolute Gasteiger partial charge is 0.261 e. The highest BCUT2D eigenvalue weighted by atomic mass is 32.2. The van der Waals surface area contributed by atoms with Gasteiger partial charge in [0.25, 0.3) is 5.91 Å². The van der Waals surface area contributed by atoms with Crippen LogP contribution in [0, 0.1) is 5.82 Å². The molecule has 2 aromatic rings. The first-order chi connectivity index (χ1) is 14.9. The Bertz CT molecular complexity index is 1020. The van der Waals surface area contributed by atoms with Crippen molar-refractivity contribution in [1.29, 1.82) is 0 Å². The molecule has 2 heterocycles. The molecular weight excluding hydrogens is 425 g/mol. The maximum Gasteiger partial charge on any atom is 0.261 e. The summed E-state index contributed by atoms with van der Waals surface area (Å²) in [5.41, 5.74) is 1.60. The van der Waals surface area contributed by atoms with Gasteiger partial charge in [0, 0.05) is 12.6 Å². The highest BCUT2D eigenvalue weighted by Gasteiger charge is 2.45. The van der Waals surface area contributed by atoms with Crippen LogP contribution in [0.1, 0.15) is 19.3 Å². The first kappa shape index (κ1) is 21.7. The predicted molar refractivity (Wildman–Crippen MR) is 110 cm³/mol. The van der Waals surface area contributed by atoms with E-state index in [0.29, 0.717) is 17.9 Å². The van der Waals surface area contributed by atoms with Crippen molar-refractivity contribution in [3.63, 3.8) is 0 Å². The number of sulfonamides is 1. The third-order valence-corrected chi connectivity index (χ3v) is 7.67. The number of hydrogen-bond acceptors (Lipinski definition) is 6. The number of nitrogens with zero attached hydrogens (tertiary/aromatic N) is 2. The van der Waals surface area contributed by atoms with E-state index in [1.165, 1.54) is 48.5 Å². The summed E-state index contributed by atoms with van der Waals surface area (Å²) in [7, 11) is -3.97. The number of amides is 1. The fourth-order valence-electron chi connectivity index (χ4n) is 4.19. The average Bonchev–Trinajstić information content (AvgIpc) is 3.45. The van der Waals surface area contributed by atoms with Crippen LogP contribution in [-0.2, 0) is 14.8 Å². The van der Waals surface area contributed by atoms with E-state index in [1.54, 1.807) is 5.48 Å². The van der Waals surface area contributed by atoms with E-state index in [0.717, 1.165) is 30.2 Å². The minimum absolute atomic E-state index is 0.0248. The predicted octanol–water partition coefficient (Wildman–Crippen LogP) is 2.35. The Morgan fingerprint density at radius 1 is 1.03 bits per heavy atom. The van der Waals surface area contributed by atoms with E-state index >= 15 is 0 Å². The summed E-state index contributed by atoms with van der Waals surface area (Å²) in [5.74, 6) is -0.300. The molecule has 2 fully saturated rings. The lowest BCUT2D eigenvalue weighted by molar-refractivity contribution is -0.132. The Balaban J connectivity index is 1.54. The number of benzene rings is 2. The molecule has 0 bridgehead atoms. The van der Waals surface area contributed by atoms with Crippen LogP contribution in [0.15, 0.2) is 53.4 Å². The van der Waals surface area contributed by atoms with Gasteiger partial charge in [0.1, 0.15) is 23.4 Å². The quantitative estimate of drug-likeness (QED) is 0.519. The molecule has 0 spiro atoms. The summed E-state index contributed by atoms with van der Waals surface area (Å²) in [6.45, 7) is 1.94. The van der Waals surface area contributed by atoms with Gasteiger partial charge in [0.2, 0.25) is 10.0 Å². The monoisotopic (exact) mass is 449 g/mol. The maximum atomic E-state index is 13.3. The number of carbonyl (C=O) groups is 1. The molecule has 0 radical (unpaired) electrons. The van der Waals surface area contributed by atoms with E-state index in [1.807, 2.05) is 0 Å². The van der Waals surface area contributed by atoms with Gasteiger partial charge in [-0.1, -0.05) is 0 Å². The van der Waals surface area contributed by atoms with Gasteiger partial charge in [0.05, 0.1) is 4.90 Å². The SMILES string of the molecule is O=C(NO)[C@H]1C[C@H](N2CCCC2)CN1S(=O)(=O)c1ccc(Oc2ccc(F)cc2)cc1. The number of nitrogens with one attached hydrogen (secondary N) is 1. The standard InChI is InChI=1S/C21H24FN3O5S/c22-15-3-5-17(6-4-15)30-18-7-9-19(10-8-18)31(28,29)25-14-16(24-11-1-2-12-24)13-20(25)21(26)23-27/h3-10,16,20,27H,1-2,11-14H2,(H,23,26)/t16-,20+/m0/s1. The summed E-state index contributed by atoms with van der Waals surface area (Å²) < 4.78 is 46.4. The van der Waals surface area contributed by atoms with Crippen LogP contribution < -0.4 is 10.2 Å². The molecule has 0 saturated carbocycles. The van der Waals surface area contributed by atoms with Gasteiger partial charge in [-0.15, -0.1) is 0 Å². The zero-order valence-corrected chi connectivity index (χ0v) is 17.6. The van der Waals surface area contributed by atoms with Gasteiger partial charge < -0.3 is 4.74 Å². The molecule has 166 valence electrons.